The maximum atomic E-state index is 13.9. The molecule has 3 aromatic rings. The molecule has 0 saturated heterocycles. The Morgan fingerprint density at radius 1 is 1.14 bits per heavy atom. The zero-order chi connectivity index (χ0) is 15.5. The predicted octanol–water partition coefficient (Wildman–Crippen LogP) is 2.72. The van der Waals surface area contributed by atoms with E-state index in [1.807, 2.05) is 32.3 Å². The molecular formula is C17H19FN4. The molecule has 5 heteroatoms. The van der Waals surface area contributed by atoms with E-state index in [-0.39, 0.29) is 5.82 Å². The minimum atomic E-state index is -0.193. The molecule has 3 rings (SSSR count). The van der Waals surface area contributed by atoms with Crippen molar-refractivity contribution in [2.75, 3.05) is 20.6 Å². The van der Waals surface area contributed by atoms with Crippen molar-refractivity contribution in [1.29, 1.82) is 0 Å². The number of likely N-dealkylation sites (N-methyl/N-ethyl adjacent to an activating group) is 1. The van der Waals surface area contributed by atoms with Gasteiger partial charge in [-0.15, -0.1) is 0 Å². The molecule has 0 radical (unpaired) electrons. The Hall–Kier alpha value is -2.27. The lowest BCUT2D eigenvalue weighted by molar-refractivity contribution is 0.383. The van der Waals surface area contributed by atoms with Gasteiger partial charge in [0.05, 0.1) is 0 Å². The van der Waals surface area contributed by atoms with Crippen LogP contribution in [0, 0.1) is 5.82 Å². The Labute approximate surface area is 129 Å². The molecule has 0 bridgehead atoms. The first-order valence-electron chi connectivity index (χ1n) is 7.33. The number of hydrogen-bond acceptors (Lipinski definition) is 3. The quantitative estimate of drug-likeness (QED) is 0.726. The van der Waals surface area contributed by atoms with Crippen LogP contribution in [0.25, 0.3) is 11.2 Å². The molecule has 1 aromatic carbocycles. The van der Waals surface area contributed by atoms with E-state index in [4.69, 9.17) is 0 Å². The number of pyridine rings is 1. The van der Waals surface area contributed by atoms with Gasteiger partial charge in [0.25, 0.3) is 0 Å². The summed E-state index contributed by atoms with van der Waals surface area (Å²) in [6.07, 6.45) is 2.24. The lowest BCUT2D eigenvalue weighted by Gasteiger charge is -2.13. The average molecular weight is 298 g/mol. The fourth-order valence-electron chi connectivity index (χ4n) is 2.49. The van der Waals surface area contributed by atoms with Gasteiger partial charge >= 0.3 is 0 Å². The molecule has 22 heavy (non-hydrogen) atoms. The number of nitrogens with zero attached hydrogens (tertiary/aromatic N) is 4. The summed E-state index contributed by atoms with van der Waals surface area (Å²) in [5.41, 5.74) is 2.37. The van der Waals surface area contributed by atoms with Crippen molar-refractivity contribution >= 4 is 11.2 Å². The summed E-state index contributed by atoms with van der Waals surface area (Å²) in [5, 5.41) is 0. The van der Waals surface area contributed by atoms with Gasteiger partial charge in [0.15, 0.2) is 5.65 Å². The molecular weight excluding hydrogens is 279 g/mol. The number of imidazole rings is 1. The number of halogens is 1. The van der Waals surface area contributed by atoms with E-state index < -0.39 is 0 Å². The van der Waals surface area contributed by atoms with E-state index in [0.717, 1.165) is 30.1 Å². The summed E-state index contributed by atoms with van der Waals surface area (Å²) >= 11 is 0. The number of hydrogen-bond donors (Lipinski definition) is 0. The van der Waals surface area contributed by atoms with Gasteiger partial charge in [-0.25, -0.2) is 14.4 Å². The fraction of sp³-hybridized carbons (Fsp3) is 0.294. The van der Waals surface area contributed by atoms with Crippen LogP contribution < -0.4 is 0 Å². The van der Waals surface area contributed by atoms with Crippen molar-refractivity contribution in [3.8, 4) is 0 Å². The molecule has 114 valence electrons. The Balaban J connectivity index is 2.00. The normalized spacial score (nSPS) is 11.5. The second kappa shape index (κ2) is 6.23. The maximum Gasteiger partial charge on any atom is 0.160 e. The van der Waals surface area contributed by atoms with Gasteiger partial charge < -0.3 is 9.47 Å². The third-order valence-electron chi connectivity index (χ3n) is 3.66. The summed E-state index contributed by atoms with van der Waals surface area (Å²) in [5.74, 6) is 0.655. The van der Waals surface area contributed by atoms with E-state index in [1.54, 1.807) is 18.3 Å². The highest BCUT2D eigenvalue weighted by atomic mass is 19.1. The van der Waals surface area contributed by atoms with Crippen molar-refractivity contribution in [3.05, 3.63) is 59.8 Å². The Morgan fingerprint density at radius 2 is 1.95 bits per heavy atom. The number of rotatable bonds is 5. The van der Waals surface area contributed by atoms with Crippen molar-refractivity contribution < 1.29 is 4.39 Å². The summed E-state index contributed by atoms with van der Waals surface area (Å²) < 4.78 is 16.0. The summed E-state index contributed by atoms with van der Waals surface area (Å²) in [6.45, 7) is 1.66. The van der Waals surface area contributed by atoms with Gasteiger partial charge in [0, 0.05) is 25.7 Å². The van der Waals surface area contributed by atoms with Crippen molar-refractivity contribution in [2.24, 2.45) is 0 Å². The number of fused-ring (bicyclic) bond motifs is 1. The van der Waals surface area contributed by atoms with E-state index in [9.17, 15) is 4.39 Å². The third kappa shape index (κ3) is 2.99. The molecule has 0 aliphatic rings. The Morgan fingerprint density at radius 3 is 2.73 bits per heavy atom. The average Bonchev–Trinajstić information content (AvgIpc) is 2.85. The molecule has 2 heterocycles. The third-order valence-corrected chi connectivity index (χ3v) is 3.66. The zero-order valence-corrected chi connectivity index (χ0v) is 12.8. The monoisotopic (exact) mass is 298 g/mol. The van der Waals surface area contributed by atoms with Gasteiger partial charge in [-0.1, -0.05) is 18.2 Å². The summed E-state index contributed by atoms with van der Waals surface area (Å²) in [6, 6.07) is 10.7. The minimum Gasteiger partial charge on any atom is -0.311 e. The molecule has 0 aliphatic carbocycles. The highest BCUT2D eigenvalue weighted by Gasteiger charge is 2.13. The maximum absolute atomic E-state index is 13.9. The minimum absolute atomic E-state index is 0.193. The van der Waals surface area contributed by atoms with Crippen LogP contribution in [0.3, 0.4) is 0 Å². The number of benzene rings is 1. The van der Waals surface area contributed by atoms with E-state index >= 15 is 0 Å². The van der Waals surface area contributed by atoms with Crippen LogP contribution in [-0.4, -0.2) is 40.1 Å². The first-order chi connectivity index (χ1) is 10.6. The van der Waals surface area contributed by atoms with Crippen LogP contribution in [0.15, 0.2) is 42.6 Å². The molecule has 0 amide bonds. The first-order valence-corrected chi connectivity index (χ1v) is 7.33. The van der Waals surface area contributed by atoms with Crippen LogP contribution in [0.4, 0.5) is 4.39 Å². The molecule has 0 saturated carbocycles. The topological polar surface area (TPSA) is 34.0 Å². The lowest BCUT2D eigenvalue weighted by atomic mass is 10.1. The molecule has 0 fully saturated rings. The zero-order valence-electron chi connectivity index (χ0n) is 12.8. The van der Waals surface area contributed by atoms with Crippen LogP contribution >= 0.6 is 0 Å². The second-order valence-electron chi connectivity index (χ2n) is 5.60. The fourth-order valence-corrected chi connectivity index (χ4v) is 2.49. The highest BCUT2D eigenvalue weighted by Crippen LogP contribution is 2.18. The largest absolute Gasteiger partial charge is 0.311 e. The van der Waals surface area contributed by atoms with Crippen LogP contribution in [0.1, 0.15) is 11.4 Å². The van der Waals surface area contributed by atoms with Gasteiger partial charge in [-0.3, -0.25) is 0 Å². The van der Waals surface area contributed by atoms with Crippen LogP contribution in [0.5, 0.6) is 0 Å². The second-order valence-corrected chi connectivity index (χ2v) is 5.60. The SMILES string of the molecule is CN(C)CCn1c(Cc2ccccc2F)nc2cccnc21. The van der Waals surface area contributed by atoms with E-state index in [1.165, 1.54) is 6.07 Å². The Kier molecular flexibility index (Phi) is 4.15. The van der Waals surface area contributed by atoms with Crippen molar-refractivity contribution in [2.45, 2.75) is 13.0 Å². The predicted molar refractivity (Wildman–Crippen MR) is 85.3 cm³/mol. The molecule has 0 spiro atoms. The van der Waals surface area contributed by atoms with E-state index in [2.05, 4.69) is 19.4 Å². The van der Waals surface area contributed by atoms with Gasteiger partial charge in [-0.05, 0) is 37.9 Å². The van der Waals surface area contributed by atoms with Crippen molar-refractivity contribution in [3.63, 3.8) is 0 Å². The summed E-state index contributed by atoms with van der Waals surface area (Å²) in [7, 11) is 4.06. The van der Waals surface area contributed by atoms with Crippen LogP contribution in [-0.2, 0) is 13.0 Å². The molecule has 0 atom stereocenters. The van der Waals surface area contributed by atoms with Crippen molar-refractivity contribution in [1.82, 2.24) is 19.4 Å². The summed E-state index contributed by atoms with van der Waals surface area (Å²) in [4.78, 5) is 11.2. The smallest absolute Gasteiger partial charge is 0.160 e. The van der Waals surface area contributed by atoms with E-state index in [0.29, 0.717) is 12.0 Å². The Bertz CT molecular complexity index is 779. The molecule has 4 nitrogen and oxygen atoms in total. The first kappa shape index (κ1) is 14.7. The van der Waals surface area contributed by atoms with Gasteiger partial charge in [-0.2, -0.15) is 0 Å². The van der Waals surface area contributed by atoms with Crippen LogP contribution in [0.2, 0.25) is 0 Å². The highest BCUT2D eigenvalue weighted by molar-refractivity contribution is 5.71. The van der Waals surface area contributed by atoms with Gasteiger partial charge in [0.2, 0.25) is 0 Å². The standard InChI is InChI=1S/C17H19FN4/c1-21(2)10-11-22-16(12-13-6-3-4-7-14(13)18)20-15-8-5-9-19-17(15)22/h3-9H,10-12H2,1-2H3. The molecule has 0 unspecified atom stereocenters. The number of aromatic nitrogens is 3. The molecule has 0 N–H and O–H groups in total. The lowest BCUT2D eigenvalue weighted by Crippen LogP contribution is -2.20. The molecule has 0 aliphatic heterocycles. The molecule has 2 aromatic heterocycles. The van der Waals surface area contributed by atoms with Gasteiger partial charge in [0.1, 0.15) is 17.2 Å².